The van der Waals surface area contributed by atoms with Gasteiger partial charge in [0.05, 0.1) is 97.3 Å². The number of aliphatic hydroxyl groups excluding tert-OH is 4. The number of nitrogens with zero attached hydrogens (tertiary/aromatic N) is 4. The number of ketones is 2. The highest BCUT2D eigenvalue weighted by Gasteiger charge is 2.48. The molecule has 11 N–H and O–H groups in total. The third-order valence-corrected chi connectivity index (χ3v) is 23.2. The minimum atomic E-state index is -1.23. The third-order valence-electron chi connectivity index (χ3n) is 23.2. The van der Waals surface area contributed by atoms with Crippen molar-refractivity contribution < 1.29 is 120 Å². The van der Waals surface area contributed by atoms with E-state index in [2.05, 4.69) is 16.0 Å². The number of ether oxygens (including phenoxy) is 4. The quantitative estimate of drug-likeness (QED) is 0.00965. The largest absolute Gasteiger partial charge is 0.491 e. The molecule has 0 radical (unpaired) electrons. The first-order valence-electron chi connectivity index (χ1n) is 44.6. The number of aromatic nitrogens is 2. The fourth-order valence-corrected chi connectivity index (χ4v) is 17.2. The summed E-state index contributed by atoms with van der Waals surface area (Å²) in [5, 5.41) is 67.7. The molecule has 2 saturated heterocycles. The van der Waals surface area contributed by atoms with E-state index in [-0.39, 0.29) is 143 Å². The Labute approximate surface area is 776 Å². The molecule has 10 aromatic rings. The number of carbonyl (C=O) groups excluding carboxylic acids is 10. The standard InChI is InChI=1S/C51H53FN4O11.C38H45FN2O7.C13H9FN2O4/c1-30(2)47-46(44(32-7-4-3-5-8-32)48(33-13-15-34(52)16-14-33)55(47)23-21-35(57)28-36(58)29-43(61)62)41(59)27-31-11-17-37(18-12-31)67-26-25-66-24-22-53-39-10-6-9-38-45(39)51(65)56(50(38)64)40-19-20-42(60)54-49(40)63;1-25(2)37-36(33(44)22-26-8-14-32(15-9-26)48-21-20-47-19-17-40)35(27-6-4-3-5-7-27)38(28-10-12-29(39)13-11-28)41(37)18-16-30(42)23-31(43)24-34(45)46;14-7-3-1-2-6-10(7)13(20)16(12(6)19)8-4-5-9(17)15-11(8)18/h3-18,30,35-36,40,53,57-58H,19-29H2,1-2H3,(H,61,62)(H,54,60,63);3-15,25,30-31,42-43H,16-24,40H2,1-2H3,(H,45,46);1-3,8H,4-5H2,(H,15,17,18)/t35-,36-,40?;30-,31-;/m11./s1. The van der Waals surface area contributed by atoms with Crippen molar-refractivity contribution >= 4 is 76.4 Å². The summed E-state index contributed by atoms with van der Waals surface area (Å²) in [6, 6.07) is 52.2. The molecule has 33 heteroatoms. The number of carbonyl (C=O) groups is 12. The summed E-state index contributed by atoms with van der Waals surface area (Å²) in [6.07, 6.45) is -4.96. The molecule has 2 fully saturated rings. The van der Waals surface area contributed by atoms with Crippen molar-refractivity contribution in [1.82, 2.24) is 29.6 Å². The predicted octanol–water partition coefficient (Wildman–Crippen LogP) is 12.5. The van der Waals surface area contributed by atoms with Crippen LogP contribution in [0.4, 0.5) is 18.9 Å². The van der Waals surface area contributed by atoms with Gasteiger partial charge in [-0.2, -0.15) is 0 Å². The summed E-state index contributed by atoms with van der Waals surface area (Å²) in [6.45, 7) is 11.2. The molecular weight excluding hydrogens is 1750 g/mol. The number of nitrogens with one attached hydrogen (secondary N) is 3. The summed E-state index contributed by atoms with van der Waals surface area (Å²) >= 11 is 0. The number of rotatable bonds is 42. The predicted molar refractivity (Wildman–Crippen MR) is 491 cm³/mol. The molecule has 2 unspecified atom stereocenters. The molecule has 4 aliphatic rings. The number of carboxylic acids is 2. The van der Waals surface area contributed by atoms with E-state index in [1.807, 2.05) is 134 Å². The van der Waals surface area contributed by atoms with Crippen molar-refractivity contribution in [2.75, 3.05) is 58.0 Å². The fourth-order valence-electron chi connectivity index (χ4n) is 17.2. The maximum absolute atomic E-state index is 14.7. The maximum atomic E-state index is 14.7. The monoisotopic (exact) mass is 1850 g/mol. The number of nitrogens with two attached hydrogens (primary N) is 1. The van der Waals surface area contributed by atoms with Gasteiger partial charge in [0.2, 0.25) is 23.6 Å². The van der Waals surface area contributed by atoms with Gasteiger partial charge in [0.1, 0.15) is 54.2 Å². The lowest BCUT2D eigenvalue weighted by Crippen LogP contribution is -2.54. The fraction of sp³-hybridized carbons (Fsp3) is 0.333. The van der Waals surface area contributed by atoms with Crippen molar-refractivity contribution in [3.8, 4) is 56.3 Å². The number of amides is 8. The van der Waals surface area contributed by atoms with Gasteiger partial charge in [-0.3, -0.25) is 78.0 Å². The van der Waals surface area contributed by atoms with E-state index in [0.717, 1.165) is 49.5 Å². The number of halogens is 3. The molecule has 30 nitrogen and oxygen atoms in total. The van der Waals surface area contributed by atoms with Gasteiger partial charge in [0, 0.05) is 91.2 Å². The van der Waals surface area contributed by atoms with Crippen molar-refractivity contribution in [3.63, 3.8) is 0 Å². The molecule has 0 aliphatic carbocycles. The maximum Gasteiger partial charge on any atom is 0.305 e. The molecule has 8 amide bonds. The van der Waals surface area contributed by atoms with Crippen LogP contribution in [0.5, 0.6) is 11.5 Å². The van der Waals surface area contributed by atoms with E-state index in [0.29, 0.717) is 94.9 Å². The minimum absolute atomic E-state index is 0.0300. The van der Waals surface area contributed by atoms with Crippen molar-refractivity contribution in [3.05, 3.63) is 267 Å². The second-order valence-electron chi connectivity index (χ2n) is 33.6. The third kappa shape index (κ3) is 24.9. The Kier molecular flexibility index (Phi) is 34.6. The minimum Gasteiger partial charge on any atom is -0.491 e. The normalized spacial score (nSPS) is 15.5. The SMILES string of the molecule is CC(C)c1c(C(=O)Cc2ccc(OCCOCCN)cc2)c(-c2ccccc2)c(-c2ccc(F)cc2)n1CC[C@@H](O)C[C@@H](O)CC(=O)O.CC(C)c1c(C(=O)Cc2ccc(OCCOCCNc3cccc4c3C(=O)N(C3CCC(=O)NC3=O)C4=O)cc2)c(-c2ccccc2)c(-c2ccc(F)cc2)n1CC[C@@H](O)C[C@@H](O)CC(=O)O.O=C1CCC(N2C(=O)c3cccc(F)c3C2=O)C(=O)N1. The molecule has 14 rings (SSSR count). The Balaban J connectivity index is 0.000000208. The van der Waals surface area contributed by atoms with Crippen LogP contribution in [0.3, 0.4) is 0 Å². The molecule has 135 heavy (non-hydrogen) atoms. The molecule has 0 spiro atoms. The number of benzene rings is 8. The average Bonchev–Trinajstić information content (AvgIpc) is 1.59. The van der Waals surface area contributed by atoms with E-state index in [1.54, 1.807) is 48.5 Å². The smallest absolute Gasteiger partial charge is 0.305 e. The van der Waals surface area contributed by atoms with E-state index in [1.165, 1.54) is 42.5 Å². The summed E-state index contributed by atoms with van der Waals surface area (Å²) < 4.78 is 68.9. The zero-order valence-electron chi connectivity index (χ0n) is 74.9. The topological polar surface area (TPSA) is 442 Å². The van der Waals surface area contributed by atoms with E-state index in [4.69, 9.17) is 34.9 Å². The van der Waals surface area contributed by atoms with Crippen LogP contribution in [0.1, 0.15) is 188 Å². The lowest BCUT2D eigenvalue weighted by atomic mass is 9.90. The zero-order chi connectivity index (χ0) is 96.8. The van der Waals surface area contributed by atoms with Gasteiger partial charge in [-0.1, -0.05) is 125 Å². The number of carboxylic acid groups (broad SMARTS) is 2. The highest BCUT2D eigenvalue weighted by molar-refractivity contribution is 6.26. The van der Waals surface area contributed by atoms with Gasteiger partial charge in [-0.25, -0.2) is 13.2 Å². The van der Waals surface area contributed by atoms with Gasteiger partial charge >= 0.3 is 11.9 Å². The number of hydrogen-bond acceptors (Lipinski definition) is 22. The number of fused-ring (bicyclic) bond motifs is 2. The van der Waals surface area contributed by atoms with Crippen LogP contribution in [0.25, 0.3) is 44.8 Å². The summed E-state index contributed by atoms with van der Waals surface area (Å²) in [5.74, 6) is -8.26. The van der Waals surface area contributed by atoms with Crippen LogP contribution < -0.4 is 31.2 Å². The number of imide groups is 4. The van der Waals surface area contributed by atoms with Crippen molar-refractivity contribution in [1.29, 1.82) is 0 Å². The van der Waals surface area contributed by atoms with Crippen molar-refractivity contribution in [2.45, 2.75) is 166 Å². The van der Waals surface area contributed by atoms with E-state index < -0.39 is 126 Å². The molecule has 8 aromatic carbocycles. The first kappa shape index (κ1) is 100. The second kappa shape index (κ2) is 46.6. The Hall–Kier alpha value is -13.9. The Morgan fingerprint density at radius 2 is 0.844 bits per heavy atom. The van der Waals surface area contributed by atoms with Crippen LogP contribution in [0.15, 0.2) is 194 Å². The Bertz CT molecular complexity index is 5970. The van der Waals surface area contributed by atoms with E-state index >= 15 is 0 Å². The van der Waals surface area contributed by atoms with Gasteiger partial charge in [0.15, 0.2) is 11.6 Å². The van der Waals surface area contributed by atoms with Crippen molar-refractivity contribution in [2.24, 2.45) is 5.73 Å². The number of aliphatic carboxylic acids is 2. The first-order chi connectivity index (χ1) is 64.8. The summed E-state index contributed by atoms with van der Waals surface area (Å²) in [7, 11) is 0. The molecule has 0 bridgehead atoms. The van der Waals surface area contributed by atoms with Crippen LogP contribution >= 0.6 is 0 Å². The molecule has 4 aliphatic heterocycles. The second-order valence-corrected chi connectivity index (χ2v) is 33.6. The van der Waals surface area contributed by atoms with Crippen LogP contribution in [0, 0.1) is 17.5 Å². The molecule has 2 aromatic heterocycles. The van der Waals surface area contributed by atoms with Gasteiger partial charge in [0.25, 0.3) is 23.6 Å². The lowest BCUT2D eigenvalue weighted by Gasteiger charge is -2.27. The molecule has 6 heterocycles. The molecular formula is C102H107F3N8O22. The average molecular weight is 1850 g/mol. The zero-order valence-corrected chi connectivity index (χ0v) is 74.9. The number of Topliss-reactive ketones (excluding diaryl/α,β-unsaturated/α-hetero) is 2. The highest BCUT2D eigenvalue weighted by atomic mass is 19.1. The van der Waals surface area contributed by atoms with Gasteiger partial charge in [-0.05, 0) is 181 Å². The molecule has 0 saturated carbocycles. The summed E-state index contributed by atoms with van der Waals surface area (Å²) in [4.78, 5) is 151. The molecule has 708 valence electrons. The van der Waals surface area contributed by atoms with Crippen LogP contribution in [-0.4, -0.2) is 210 Å². The number of aliphatic hydroxyl groups is 4. The number of anilines is 1. The summed E-state index contributed by atoms with van der Waals surface area (Å²) in [5.41, 5.74) is 15.7. The first-order valence-corrected chi connectivity index (χ1v) is 44.6. The molecule has 6 atom stereocenters. The Morgan fingerprint density at radius 3 is 1.24 bits per heavy atom. The van der Waals surface area contributed by atoms with Gasteiger partial charge in [-0.15, -0.1) is 0 Å². The highest BCUT2D eigenvalue weighted by Crippen LogP contribution is 2.46. The van der Waals surface area contributed by atoms with E-state index in [9.17, 15) is 91.1 Å². The Morgan fingerprint density at radius 1 is 0.444 bits per heavy atom. The lowest BCUT2D eigenvalue weighted by molar-refractivity contribution is -0.140. The van der Waals surface area contributed by atoms with Crippen LogP contribution in [-0.2, 0) is 64.2 Å². The van der Waals surface area contributed by atoms with Gasteiger partial charge < -0.3 is 69.8 Å². The number of hydrogen-bond donors (Lipinski definition) is 10. The van der Waals surface area contributed by atoms with Crippen LogP contribution in [0.2, 0.25) is 0 Å². The number of piperidine rings is 2.